The third kappa shape index (κ3) is 7.64. The van der Waals surface area contributed by atoms with Gasteiger partial charge in [-0.3, -0.25) is 18.9 Å². The molecule has 1 fully saturated rings. The second-order valence-electron chi connectivity index (χ2n) is 7.48. The molecule has 0 amide bonds. The fourth-order valence-corrected chi connectivity index (χ4v) is 4.70. The maximum absolute atomic E-state index is 13.6. The molecule has 1 saturated heterocycles. The third-order valence-corrected chi connectivity index (χ3v) is 6.74. The van der Waals surface area contributed by atoms with E-state index in [1.807, 2.05) is 4.98 Å². The van der Waals surface area contributed by atoms with Crippen LogP contribution < -0.4 is 20.9 Å². The topological polar surface area (TPSA) is 181 Å². The van der Waals surface area contributed by atoms with E-state index >= 15 is 0 Å². The average molecular weight is 533 g/mol. The Morgan fingerprint density at radius 2 is 2.11 bits per heavy atom. The molecule has 0 radical (unpaired) electrons. The van der Waals surface area contributed by atoms with Crippen molar-refractivity contribution in [3.05, 3.63) is 72.6 Å². The highest BCUT2D eigenvalue weighted by Gasteiger charge is 2.38. The lowest BCUT2D eigenvalue weighted by atomic mass is 10.2. The number of azide groups is 1. The second kappa shape index (κ2) is 12.3. The van der Waals surface area contributed by atoms with E-state index in [-0.39, 0.29) is 25.3 Å². The lowest BCUT2D eigenvalue weighted by Crippen LogP contribution is -2.34. The fraction of sp³-hybridized carbons (Fsp3) is 0.474. The van der Waals surface area contributed by atoms with E-state index < -0.39 is 49.9 Å². The quantitative estimate of drug-likeness (QED) is 0.123. The molecular weight excluding hydrogens is 510 g/mol. The molecule has 0 spiro atoms. The number of nitrogens with one attached hydrogen (secondary N) is 2. The summed E-state index contributed by atoms with van der Waals surface area (Å²) in [4.78, 5) is 27.7. The van der Waals surface area contributed by atoms with Crippen molar-refractivity contribution in [2.75, 3.05) is 19.7 Å². The van der Waals surface area contributed by atoms with Gasteiger partial charge in [-0.25, -0.2) is 14.4 Å². The van der Waals surface area contributed by atoms with Crippen LogP contribution in [0, 0.1) is 5.82 Å². The largest absolute Gasteiger partial charge is 0.458 e. The smallest absolute Gasteiger partial charge is 0.413 e. The molecule has 35 heavy (non-hydrogen) atoms. The van der Waals surface area contributed by atoms with Crippen molar-refractivity contribution in [3.8, 4) is 5.75 Å². The molecular formula is C19H23ClFN6O7P. The van der Waals surface area contributed by atoms with Gasteiger partial charge in [0.1, 0.15) is 18.1 Å². The van der Waals surface area contributed by atoms with Crippen LogP contribution in [0.3, 0.4) is 0 Å². The minimum Gasteiger partial charge on any atom is -0.413 e. The van der Waals surface area contributed by atoms with Crippen molar-refractivity contribution in [1.82, 2.24) is 14.6 Å². The zero-order chi connectivity index (χ0) is 25.4. The molecule has 16 heteroatoms. The van der Waals surface area contributed by atoms with Gasteiger partial charge in [-0.1, -0.05) is 16.7 Å². The van der Waals surface area contributed by atoms with Crippen LogP contribution in [0.4, 0.5) is 4.39 Å². The molecule has 3 rings (SSSR count). The maximum atomic E-state index is 13.6. The Bertz CT molecular complexity index is 1220. The van der Waals surface area contributed by atoms with Crippen molar-refractivity contribution >= 4 is 19.3 Å². The lowest BCUT2D eigenvalue weighted by Gasteiger charge is -2.22. The number of hydrogen-bond acceptors (Lipinski definition) is 8. The van der Waals surface area contributed by atoms with Gasteiger partial charge >= 0.3 is 13.4 Å². The van der Waals surface area contributed by atoms with Crippen molar-refractivity contribution in [1.29, 1.82) is 0 Å². The van der Waals surface area contributed by atoms with Gasteiger partial charge in [-0.15, -0.1) is 0 Å². The van der Waals surface area contributed by atoms with Crippen LogP contribution in [0.5, 0.6) is 5.75 Å². The van der Waals surface area contributed by atoms with Gasteiger partial charge in [-0.05, 0) is 42.6 Å². The molecule has 0 bridgehead atoms. The van der Waals surface area contributed by atoms with Crippen molar-refractivity contribution in [2.45, 2.75) is 37.7 Å². The zero-order valence-corrected chi connectivity index (χ0v) is 19.9. The van der Waals surface area contributed by atoms with Crippen LogP contribution >= 0.6 is 19.3 Å². The summed E-state index contributed by atoms with van der Waals surface area (Å²) in [6.07, 6.45) is -1.63. The number of aliphatic hydroxyl groups excluding tert-OH is 1. The summed E-state index contributed by atoms with van der Waals surface area (Å²) in [5, 5.41) is 16.9. The number of rotatable bonds is 12. The minimum atomic E-state index is -3.97. The average Bonchev–Trinajstić information content (AvgIpc) is 3.19. The normalized spacial score (nSPS) is 21.3. The number of unbranched alkanes of at least 4 members (excludes halogenated alkanes) is 1. The van der Waals surface area contributed by atoms with Crippen LogP contribution in [-0.2, 0) is 13.8 Å². The summed E-state index contributed by atoms with van der Waals surface area (Å²) in [5.74, 6) is -0.978. The Kier molecular flexibility index (Phi) is 9.47. The number of aliphatic hydroxyl groups is 1. The zero-order valence-electron chi connectivity index (χ0n) is 18.3. The maximum Gasteiger partial charge on any atom is 0.458 e. The van der Waals surface area contributed by atoms with Crippen LogP contribution in [0.1, 0.15) is 25.5 Å². The monoisotopic (exact) mass is 532 g/mol. The van der Waals surface area contributed by atoms with Crippen LogP contribution in [-0.4, -0.2) is 46.6 Å². The van der Waals surface area contributed by atoms with Gasteiger partial charge in [0.2, 0.25) is 5.82 Å². The Hall–Kier alpha value is -2.70. The highest BCUT2D eigenvalue weighted by molar-refractivity contribution is 7.52. The molecule has 0 saturated carbocycles. The SMILES string of the molecule is [N-]=[N+]=NCCCCNP(=O)(OC[C@H]1O[C@@H](n2cc(F)c(=O)[nH]c2=O)C[C@@H]1O)Oc1ccc(Cl)cc1. The Balaban J connectivity index is 1.66. The summed E-state index contributed by atoms with van der Waals surface area (Å²) >= 11 is 5.87. The Morgan fingerprint density at radius 1 is 1.37 bits per heavy atom. The predicted molar refractivity (Wildman–Crippen MR) is 123 cm³/mol. The van der Waals surface area contributed by atoms with E-state index in [1.54, 1.807) is 0 Å². The number of H-pyrrole nitrogens is 1. The van der Waals surface area contributed by atoms with Crippen LogP contribution in [0.15, 0.2) is 45.2 Å². The first-order valence-corrected chi connectivity index (χ1v) is 12.4. The molecule has 1 aromatic heterocycles. The summed E-state index contributed by atoms with van der Waals surface area (Å²) in [6.45, 7) is 0.0823. The van der Waals surface area contributed by atoms with Gasteiger partial charge in [0, 0.05) is 29.4 Å². The fourth-order valence-electron chi connectivity index (χ4n) is 3.19. The molecule has 1 aliphatic rings. The van der Waals surface area contributed by atoms with E-state index in [2.05, 4.69) is 15.1 Å². The number of aromatic amines is 1. The van der Waals surface area contributed by atoms with Crippen molar-refractivity contribution in [3.63, 3.8) is 0 Å². The van der Waals surface area contributed by atoms with Crippen LogP contribution in [0.2, 0.25) is 5.02 Å². The van der Waals surface area contributed by atoms with Gasteiger partial charge < -0.3 is 14.4 Å². The molecule has 1 unspecified atom stereocenters. The molecule has 4 atom stereocenters. The first kappa shape index (κ1) is 26.9. The third-order valence-electron chi connectivity index (χ3n) is 4.94. The molecule has 3 N–H and O–H groups in total. The summed E-state index contributed by atoms with van der Waals surface area (Å²) in [6, 6.07) is 6.07. The van der Waals surface area contributed by atoms with E-state index in [1.165, 1.54) is 24.3 Å². The van der Waals surface area contributed by atoms with Crippen LogP contribution in [0.25, 0.3) is 10.4 Å². The van der Waals surface area contributed by atoms with E-state index in [4.69, 9.17) is 30.9 Å². The summed E-state index contributed by atoms with van der Waals surface area (Å²) < 4.78 is 44.4. The predicted octanol–water partition coefficient (Wildman–Crippen LogP) is 2.86. The molecule has 1 aromatic carbocycles. The molecule has 2 aromatic rings. The van der Waals surface area contributed by atoms with E-state index in [0.717, 1.165) is 4.57 Å². The molecule has 0 aliphatic carbocycles. The number of benzene rings is 1. The number of nitrogens with zero attached hydrogens (tertiary/aromatic N) is 4. The molecule has 190 valence electrons. The second-order valence-corrected chi connectivity index (χ2v) is 9.67. The van der Waals surface area contributed by atoms with Gasteiger partial charge in [0.25, 0.3) is 5.56 Å². The number of hydrogen-bond donors (Lipinski definition) is 3. The molecule has 1 aliphatic heterocycles. The van der Waals surface area contributed by atoms with E-state index in [0.29, 0.717) is 24.1 Å². The first-order valence-electron chi connectivity index (χ1n) is 10.5. The standard InChI is InChI=1S/C19H23ClFN6O7P/c20-12-3-5-13(6-4-12)34-35(31,24-8-2-1-7-23-26-22)32-11-16-15(28)9-17(33-16)27-10-14(21)18(29)25-19(27)30/h3-6,10,15-17,28H,1-2,7-9,11H2,(H,24,31)(H,25,29,30)/t15-,16+,17+,35?/m0/s1. The molecule has 13 nitrogen and oxygen atoms in total. The highest BCUT2D eigenvalue weighted by Crippen LogP contribution is 2.45. The van der Waals surface area contributed by atoms with Gasteiger partial charge in [0.15, 0.2) is 0 Å². The Morgan fingerprint density at radius 3 is 2.83 bits per heavy atom. The summed E-state index contributed by atoms with van der Waals surface area (Å²) in [5.41, 5.74) is 6.25. The minimum absolute atomic E-state index is 0.103. The summed E-state index contributed by atoms with van der Waals surface area (Å²) in [7, 11) is -3.97. The number of ether oxygens (including phenoxy) is 1. The first-order chi connectivity index (χ1) is 16.7. The number of aromatic nitrogens is 2. The molecule has 2 heterocycles. The van der Waals surface area contributed by atoms with E-state index in [9.17, 15) is 23.7 Å². The van der Waals surface area contributed by atoms with Gasteiger partial charge in [0.05, 0.1) is 18.9 Å². The van der Waals surface area contributed by atoms with Gasteiger partial charge in [-0.2, -0.15) is 4.39 Å². The van der Waals surface area contributed by atoms with Crippen molar-refractivity contribution in [2.24, 2.45) is 5.11 Å². The number of halogens is 2. The lowest BCUT2D eigenvalue weighted by molar-refractivity contribution is -0.0428. The highest BCUT2D eigenvalue weighted by atomic mass is 35.5. The van der Waals surface area contributed by atoms with Crippen molar-refractivity contribution < 1.29 is 27.8 Å². The Labute approximate surface area is 203 Å².